The molecule has 4 amide bonds. The van der Waals surface area contributed by atoms with Gasteiger partial charge in [-0.05, 0) is 70.8 Å². The predicted octanol–water partition coefficient (Wildman–Crippen LogP) is 2.84. The Balaban J connectivity index is 1.29. The first-order valence-electron chi connectivity index (χ1n) is 17.4. The van der Waals surface area contributed by atoms with Crippen LogP contribution in [-0.2, 0) is 35.7 Å². The largest absolute Gasteiger partial charge is 0.444 e. The molecule has 6 atom stereocenters. The fourth-order valence-electron chi connectivity index (χ4n) is 7.58. The molecule has 0 radical (unpaired) electrons. The summed E-state index contributed by atoms with van der Waals surface area (Å²) in [6.45, 7) is 7.57. The van der Waals surface area contributed by atoms with E-state index in [1.165, 1.54) is 0 Å². The minimum absolute atomic E-state index is 0.00406. The molecule has 0 bridgehead atoms. The summed E-state index contributed by atoms with van der Waals surface area (Å²) in [6.07, 6.45) is 7.97. The first kappa shape index (κ1) is 34.4. The van der Waals surface area contributed by atoms with Gasteiger partial charge in [0.15, 0.2) is 0 Å². The Morgan fingerprint density at radius 1 is 1.02 bits per heavy atom. The minimum Gasteiger partial charge on any atom is -0.444 e. The normalized spacial score (nSPS) is 32.1. The van der Waals surface area contributed by atoms with E-state index in [4.69, 9.17) is 4.74 Å². The van der Waals surface area contributed by atoms with Crippen LogP contribution in [0.5, 0.6) is 0 Å². The molecule has 1 aromatic rings. The number of alkyl carbamates (subject to hydrolysis) is 1. The number of rotatable bonds is 6. The summed E-state index contributed by atoms with van der Waals surface area (Å²) < 4.78 is 33.4. The molecule has 3 aliphatic heterocycles. The number of fused-ring (bicyclic) bond motifs is 4. The van der Waals surface area contributed by atoms with Gasteiger partial charge >= 0.3 is 6.09 Å². The van der Waals surface area contributed by atoms with Crippen LogP contribution in [0.1, 0.15) is 77.7 Å². The van der Waals surface area contributed by atoms with Gasteiger partial charge in [0.1, 0.15) is 23.2 Å². The molecule has 2 saturated carbocycles. The maximum atomic E-state index is 14.5. The van der Waals surface area contributed by atoms with E-state index in [0.29, 0.717) is 51.9 Å². The lowest BCUT2D eigenvalue weighted by Crippen LogP contribution is -2.60. The van der Waals surface area contributed by atoms with Crippen LogP contribution in [0.3, 0.4) is 0 Å². The molecule has 13 heteroatoms. The minimum atomic E-state index is -3.84. The Kier molecular flexibility index (Phi) is 9.65. The molecule has 3 heterocycles. The zero-order valence-corrected chi connectivity index (χ0v) is 29.0. The van der Waals surface area contributed by atoms with E-state index in [2.05, 4.69) is 32.4 Å². The third-order valence-corrected chi connectivity index (χ3v) is 12.0. The number of sulfonamides is 1. The molecule has 0 spiro atoms. The highest BCUT2D eigenvalue weighted by atomic mass is 32.2. The van der Waals surface area contributed by atoms with E-state index in [1.807, 2.05) is 30.4 Å². The number of allylic oxidation sites excluding steroid dienone is 1. The van der Waals surface area contributed by atoms with Crippen LogP contribution in [0, 0.1) is 17.8 Å². The summed E-state index contributed by atoms with van der Waals surface area (Å²) >= 11 is 0. The van der Waals surface area contributed by atoms with Crippen molar-refractivity contribution in [2.45, 2.75) is 107 Å². The van der Waals surface area contributed by atoms with Gasteiger partial charge in [-0.2, -0.15) is 0 Å². The van der Waals surface area contributed by atoms with Crippen molar-refractivity contribution in [1.82, 2.24) is 25.2 Å². The molecular formula is C35H49N5O7S. The Bertz CT molecular complexity index is 1540. The van der Waals surface area contributed by atoms with Crippen molar-refractivity contribution < 1.29 is 32.3 Å². The summed E-state index contributed by atoms with van der Waals surface area (Å²) in [6, 6.07) is 8.30. The second-order valence-corrected chi connectivity index (χ2v) is 17.2. The second kappa shape index (κ2) is 13.5. The lowest BCUT2D eigenvalue weighted by Gasteiger charge is -2.33. The average Bonchev–Trinajstić information content (AvgIpc) is 3.90. The van der Waals surface area contributed by atoms with Crippen molar-refractivity contribution in [2.24, 2.45) is 17.8 Å². The lowest BCUT2D eigenvalue weighted by atomic mass is 9.93. The Morgan fingerprint density at radius 2 is 1.77 bits per heavy atom. The molecule has 2 aliphatic carbocycles. The number of amides is 4. The number of nitrogens with one attached hydrogen (secondary N) is 3. The average molecular weight is 684 g/mol. The summed E-state index contributed by atoms with van der Waals surface area (Å²) in [5.74, 6) is -2.11. The van der Waals surface area contributed by atoms with Gasteiger partial charge in [0.25, 0.3) is 5.91 Å². The quantitative estimate of drug-likeness (QED) is 0.387. The third kappa shape index (κ3) is 7.72. The van der Waals surface area contributed by atoms with Gasteiger partial charge in [0.05, 0.1) is 5.25 Å². The molecule has 5 aliphatic rings. The van der Waals surface area contributed by atoms with Gasteiger partial charge in [-0.15, -0.1) is 0 Å². The third-order valence-electron chi connectivity index (χ3n) is 10.2. The number of hydrogen-bond donors (Lipinski definition) is 3. The zero-order chi connectivity index (χ0) is 34.3. The van der Waals surface area contributed by atoms with Crippen LogP contribution in [-0.4, -0.2) is 90.1 Å². The van der Waals surface area contributed by atoms with Crippen molar-refractivity contribution in [3.63, 3.8) is 0 Å². The lowest BCUT2D eigenvalue weighted by molar-refractivity contribution is -0.142. The van der Waals surface area contributed by atoms with E-state index in [9.17, 15) is 27.6 Å². The molecule has 0 unspecified atom stereocenters. The molecule has 262 valence electrons. The van der Waals surface area contributed by atoms with Crippen molar-refractivity contribution in [1.29, 1.82) is 0 Å². The maximum Gasteiger partial charge on any atom is 0.408 e. The van der Waals surface area contributed by atoms with E-state index < -0.39 is 56.4 Å². The molecule has 6 rings (SSSR count). The summed E-state index contributed by atoms with van der Waals surface area (Å²) in [7, 11) is -3.84. The number of carbonyl (C=O) groups is 4. The number of benzene rings is 1. The molecule has 48 heavy (non-hydrogen) atoms. The Labute approximate surface area is 283 Å². The fraction of sp³-hybridized carbons (Fsp3) is 0.657. The molecule has 3 N–H and O–H groups in total. The standard InChI is InChI=1S/C35H49N5O7S/c1-34(2,3)47-33(44)36-28-15-11-6-4-5-10-14-25-18-35(25,32(43)38-48(45,46)26-16-17-26)37-30(41)29-27-22-39(19-23-12-8-7-9-13-23)20-24(27)21-40(29)31(28)42/h7-10,12-14,24-29H,4-6,11,15-22H2,1-3H3,(H,36,44)(H,37,41)(H,38,43)/b14-10-/t24-,25+,27-,28+,29-,35-/m0/s1. The molecule has 2 saturated heterocycles. The highest BCUT2D eigenvalue weighted by Gasteiger charge is 2.63. The van der Waals surface area contributed by atoms with Gasteiger partial charge in [-0.1, -0.05) is 55.3 Å². The molecule has 0 aromatic heterocycles. The van der Waals surface area contributed by atoms with Crippen LogP contribution in [0.2, 0.25) is 0 Å². The summed E-state index contributed by atoms with van der Waals surface area (Å²) in [5.41, 5.74) is -1.02. The number of nitrogens with zero attached hydrogens (tertiary/aromatic N) is 2. The Morgan fingerprint density at radius 3 is 2.48 bits per heavy atom. The van der Waals surface area contributed by atoms with E-state index in [0.717, 1.165) is 24.8 Å². The van der Waals surface area contributed by atoms with Crippen molar-refractivity contribution in [2.75, 3.05) is 19.6 Å². The molecule has 12 nitrogen and oxygen atoms in total. The van der Waals surface area contributed by atoms with Crippen LogP contribution in [0.4, 0.5) is 4.79 Å². The van der Waals surface area contributed by atoms with Gasteiger partial charge in [-0.3, -0.25) is 24.0 Å². The molecule has 4 fully saturated rings. The zero-order valence-electron chi connectivity index (χ0n) is 28.2. The predicted molar refractivity (Wildman–Crippen MR) is 179 cm³/mol. The van der Waals surface area contributed by atoms with Gasteiger partial charge in [0, 0.05) is 38.0 Å². The smallest absolute Gasteiger partial charge is 0.408 e. The molecular weight excluding hydrogens is 634 g/mol. The highest BCUT2D eigenvalue weighted by molar-refractivity contribution is 7.91. The number of ether oxygens (including phenoxy) is 1. The van der Waals surface area contributed by atoms with Crippen LogP contribution < -0.4 is 15.4 Å². The topological polar surface area (TPSA) is 154 Å². The SMILES string of the molecule is CC(C)(C)OC(=O)N[C@@H]1CCCCC/C=C\[C@@H]2C[C@]2(C(=O)NS(=O)(=O)C2CC2)NC(=O)[C@@H]2[C@H]3CN(Cc4ccccc4)C[C@H]3CN2C1=O. The maximum absolute atomic E-state index is 14.5. The first-order chi connectivity index (χ1) is 22.8. The summed E-state index contributed by atoms with van der Waals surface area (Å²) in [4.78, 5) is 59.3. The highest BCUT2D eigenvalue weighted by Crippen LogP contribution is 2.47. The molecule has 1 aromatic carbocycles. The number of carbonyl (C=O) groups excluding carboxylic acids is 4. The fourth-order valence-corrected chi connectivity index (χ4v) is 8.95. The van der Waals surface area contributed by atoms with E-state index in [-0.39, 0.29) is 30.1 Å². The van der Waals surface area contributed by atoms with E-state index in [1.54, 1.807) is 25.7 Å². The van der Waals surface area contributed by atoms with E-state index >= 15 is 0 Å². The van der Waals surface area contributed by atoms with Gasteiger partial charge in [-0.25, -0.2) is 13.2 Å². The summed E-state index contributed by atoms with van der Waals surface area (Å²) in [5, 5.41) is 5.19. The first-order valence-corrected chi connectivity index (χ1v) is 18.9. The van der Waals surface area contributed by atoms with Gasteiger partial charge in [0.2, 0.25) is 21.8 Å². The van der Waals surface area contributed by atoms with Crippen LogP contribution >= 0.6 is 0 Å². The number of likely N-dealkylation sites (tertiary alicyclic amines) is 1. The second-order valence-electron chi connectivity index (χ2n) is 15.3. The van der Waals surface area contributed by atoms with Crippen LogP contribution in [0.25, 0.3) is 0 Å². The van der Waals surface area contributed by atoms with Crippen molar-refractivity contribution in [3.8, 4) is 0 Å². The van der Waals surface area contributed by atoms with Crippen molar-refractivity contribution >= 4 is 33.8 Å². The van der Waals surface area contributed by atoms with Crippen molar-refractivity contribution in [3.05, 3.63) is 48.0 Å². The van der Waals surface area contributed by atoms with Gasteiger partial charge < -0.3 is 20.3 Å². The number of hydrogen-bond acceptors (Lipinski definition) is 8. The monoisotopic (exact) mass is 683 g/mol. The Hall–Kier alpha value is -3.45. The van der Waals surface area contributed by atoms with Crippen LogP contribution in [0.15, 0.2) is 42.5 Å².